The number of unbranched alkanes of at least 4 members (excludes halogenated alkanes) is 29. The number of hydrogen-bond donors (Lipinski definition) is 0. The molecule has 44 heavy (non-hydrogen) atoms. The molecule has 0 saturated heterocycles. The molecule has 1 rings (SSSR count). The van der Waals surface area contributed by atoms with Gasteiger partial charge in [-0.2, -0.15) is 0 Å². The molecule has 0 spiro atoms. The SMILES string of the molecule is CCCCCCCCCCCCCCCCCc1cc[n+](CCCC)cc1CCCCCCCCCCCCCCCCC. The molecule has 258 valence electrons. The van der Waals surface area contributed by atoms with E-state index in [0.717, 1.165) is 0 Å². The van der Waals surface area contributed by atoms with Gasteiger partial charge in [-0.05, 0) is 31.2 Å². The first kappa shape index (κ1) is 41.2. The molecule has 0 amide bonds. The molecule has 0 N–H and O–H groups in total. The average molecular weight is 613 g/mol. The van der Waals surface area contributed by atoms with Gasteiger partial charge in [-0.25, -0.2) is 4.57 Å². The maximum atomic E-state index is 2.51. The molecule has 0 fully saturated rings. The Balaban J connectivity index is 2.11. The van der Waals surface area contributed by atoms with E-state index in [0.29, 0.717) is 0 Å². The highest BCUT2D eigenvalue weighted by Gasteiger charge is 2.10. The second-order valence-corrected chi connectivity index (χ2v) is 14.5. The highest BCUT2D eigenvalue weighted by Crippen LogP contribution is 2.18. The molecule has 1 aromatic heterocycles. The van der Waals surface area contributed by atoms with E-state index >= 15 is 0 Å². The molecular weight excluding hydrogens is 530 g/mol. The number of hydrogen-bond acceptors (Lipinski definition) is 0. The van der Waals surface area contributed by atoms with E-state index in [2.05, 4.69) is 43.8 Å². The Labute approximate surface area is 279 Å². The van der Waals surface area contributed by atoms with Crippen molar-refractivity contribution in [2.24, 2.45) is 0 Å². The molecule has 1 heterocycles. The van der Waals surface area contributed by atoms with E-state index in [1.54, 1.807) is 11.1 Å². The van der Waals surface area contributed by atoms with Gasteiger partial charge in [0.05, 0.1) is 0 Å². The van der Waals surface area contributed by atoms with Crippen LogP contribution in [0, 0.1) is 0 Å². The van der Waals surface area contributed by atoms with Crippen LogP contribution < -0.4 is 4.57 Å². The lowest BCUT2D eigenvalue weighted by Gasteiger charge is -2.09. The Hall–Kier alpha value is -0.850. The monoisotopic (exact) mass is 613 g/mol. The second kappa shape index (κ2) is 33.5. The van der Waals surface area contributed by atoms with Crippen molar-refractivity contribution in [3.63, 3.8) is 0 Å². The summed E-state index contributed by atoms with van der Waals surface area (Å²) in [5.41, 5.74) is 3.31. The Morgan fingerprint density at radius 3 is 0.977 bits per heavy atom. The molecule has 0 unspecified atom stereocenters. The lowest BCUT2D eigenvalue weighted by molar-refractivity contribution is -0.697. The lowest BCUT2D eigenvalue weighted by Crippen LogP contribution is -2.33. The summed E-state index contributed by atoms with van der Waals surface area (Å²) in [6, 6.07) is 2.47. The minimum absolute atomic E-state index is 1.18. The van der Waals surface area contributed by atoms with E-state index in [1.165, 1.54) is 225 Å². The molecule has 0 atom stereocenters. The third kappa shape index (κ3) is 26.4. The molecular formula is C43H82N+. The van der Waals surface area contributed by atoms with E-state index in [4.69, 9.17) is 0 Å². The highest BCUT2D eigenvalue weighted by atomic mass is 14.9. The fourth-order valence-corrected chi connectivity index (χ4v) is 6.94. The molecule has 0 aromatic carbocycles. The molecule has 0 aliphatic carbocycles. The van der Waals surface area contributed by atoms with Crippen LogP contribution >= 0.6 is 0 Å². The van der Waals surface area contributed by atoms with E-state index in [-0.39, 0.29) is 0 Å². The van der Waals surface area contributed by atoms with Crippen LogP contribution in [0.15, 0.2) is 18.5 Å². The Morgan fingerprint density at radius 1 is 0.341 bits per heavy atom. The van der Waals surface area contributed by atoms with Crippen molar-refractivity contribution in [2.75, 3.05) is 0 Å². The number of aromatic nitrogens is 1. The van der Waals surface area contributed by atoms with E-state index < -0.39 is 0 Å². The number of rotatable bonds is 35. The Kier molecular flexibility index (Phi) is 31.4. The van der Waals surface area contributed by atoms with Gasteiger partial charge in [0, 0.05) is 18.1 Å². The minimum Gasteiger partial charge on any atom is -0.205 e. The zero-order valence-corrected chi connectivity index (χ0v) is 30.9. The molecule has 1 heteroatoms. The minimum atomic E-state index is 1.18. The molecule has 0 radical (unpaired) electrons. The number of nitrogens with zero attached hydrogens (tertiary/aromatic N) is 1. The third-order valence-electron chi connectivity index (χ3n) is 10.1. The summed E-state index contributed by atoms with van der Waals surface area (Å²) in [6.45, 7) is 8.11. The standard InChI is InChI=1S/C43H82N/c1-4-7-10-12-14-16-18-20-22-24-26-28-30-32-34-36-42-38-40-44(39-9-6-3)41-43(42)37-35-33-31-29-27-25-23-21-19-17-15-13-11-8-5-2/h38,40-41H,4-37,39H2,1-3H3/q+1. The predicted octanol–water partition coefficient (Wildman–Crippen LogP) is 14.6. The summed E-state index contributed by atoms with van der Waals surface area (Å²) >= 11 is 0. The Morgan fingerprint density at radius 2 is 0.636 bits per heavy atom. The van der Waals surface area contributed by atoms with Gasteiger partial charge in [-0.1, -0.05) is 207 Å². The summed E-state index contributed by atoms with van der Waals surface area (Å²) in [7, 11) is 0. The van der Waals surface area contributed by atoms with Crippen LogP contribution in [0.1, 0.15) is 237 Å². The van der Waals surface area contributed by atoms with Crippen molar-refractivity contribution in [3.05, 3.63) is 29.6 Å². The van der Waals surface area contributed by atoms with Crippen LogP contribution in [0.5, 0.6) is 0 Å². The van der Waals surface area contributed by atoms with E-state index in [1.807, 2.05) is 0 Å². The van der Waals surface area contributed by atoms with Gasteiger partial charge in [-0.15, -0.1) is 0 Å². The highest BCUT2D eigenvalue weighted by molar-refractivity contribution is 5.21. The largest absolute Gasteiger partial charge is 0.205 e. The smallest absolute Gasteiger partial charge is 0.172 e. The summed E-state index contributed by atoms with van der Waals surface area (Å²) < 4.78 is 2.47. The maximum absolute atomic E-state index is 2.51. The van der Waals surface area contributed by atoms with Crippen LogP contribution in [-0.2, 0) is 19.4 Å². The first-order valence-electron chi connectivity index (χ1n) is 20.8. The van der Waals surface area contributed by atoms with Crippen LogP contribution in [0.4, 0.5) is 0 Å². The first-order chi connectivity index (χ1) is 21.8. The third-order valence-corrected chi connectivity index (χ3v) is 10.1. The summed E-state index contributed by atoms with van der Waals surface area (Å²) in [6.07, 6.45) is 53.5. The van der Waals surface area contributed by atoms with Crippen molar-refractivity contribution in [3.8, 4) is 0 Å². The lowest BCUT2D eigenvalue weighted by atomic mass is 9.97. The van der Waals surface area contributed by atoms with Crippen molar-refractivity contribution in [2.45, 2.75) is 246 Å². The Bertz CT molecular complexity index is 694. The summed E-state index contributed by atoms with van der Waals surface area (Å²) in [5.74, 6) is 0. The van der Waals surface area contributed by atoms with Crippen LogP contribution in [0.25, 0.3) is 0 Å². The predicted molar refractivity (Wildman–Crippen MR) is 199 cm³/mol. The number of pyridine rings is 1. The molecule has 0 aliphatic rings. The fourth-order valence-electron chi connectivity index (χ4n) is 6.94. The topological polar surface area (TPSA) is 3.88 Å². The molecule has 1 nitrogen and oxygen atoms in total. The van der Waals surface area contributed by atoms with Gasteiger partial charge in [0.15, 0.2) is 12.4 Å². The van der Waals surface area contributed by atoms with E-state index in [9.17, 15) is 0 Å². The zero-order valence-electron chi connectivity index (χ0n) is 30.9. The van der Waals surface area contributed by atoms with Crippen LogP contribution in [0.2, 0.25) is 0 Å². The molecule has 0 saturated carbocycles. The zero-order chi connectivity index (χ0) is 31.6. The van der Waals surface area contributed by atoms with Gasteiger partial charge in [0.1, 0.15) is 6.54 Å². The first-order valence-corrected chi connectivity index (χ1v) is 20.8. The van der Waals surface area contributed by atoms with Gasteiger partial charge in [0.25, 0.3) is 0 Å². The molecule has 0 bridgehead atoms. The van der Waals surface area contributed by atoms with Crippen molar-refractivity contribution < 1.29 is 4.57 Å². The summed E-state index contributed by atoms with van der Waals surface area (Å²) in [5, 5.41) is 0. The molecule has 0 aliphatic heterocycles. The molecule has 1 aromatic rings. The fraction of sp³-hybridized carbons (Fsp3) is 0.884. The number of aryl methyl sites for hydroxylation is 3. The van der Waals surface area contributed by atoms with Crippen LogP contribution in [-0.4, -0.2) is 0 Å². The maximum Gasteiger partial charge on any atom is 0.172 e. The van der Waals surface area contributed by atoms with Crippen molar-refractivity contribution in [1.29, 1.82) is 0 Å². The normalized spacial score (nSPS) is 11.5. The van der Waals surface area contributed by atoms with Crippen molar-refractivity contribution >= 4 is 0 Å². The van der Waals surface area contributed by atoms with Gasteiger partial charge in [-0.3, -0.25) is 0 Å². The average Bonchev–Trinajstić information content (AvgIpc) is 3.04. The quantitative estimate of drug-likeness (QED) is 0.0530. The van der Waals surface area contributed by atoms with Gasteiger partial charge < -0.3 is 0 Å². The van der Waals surface area contributed by atoms with Gasteiger partial charge in [0.2, 0.25) is 0 Å². The van der Waals surface area contributed by atoms with Crippen molar-refractivity contribution in [1.82, 2.24) is 0 Å². The summed E-state index contributed by atoms with van der Waals surface area (Å²) in [4.78, 5) is 0. The van der Waals surface area contributed by atoms with Crippen LogP contribution in [0.3, 0.4) is 0 Å². The second-order valence-electron chi connectivity index (χ2n) is 14.5. The van der Waals surface area contributed by atoms with Gasteiger partial charge >= 0.3 is 0 Å².